The van der Waals surface area contributed by atoms with Gasteiger partial charge in [0.15, 0.2) is 5.78 Å². The van der Waals surface area contributed by atoms with Crippen molar-refractivity contribution in [2.24, 2.45) is 11.8 Å². The van der Waals surface area contributed by atoms with Gasteiger partial charge in [0.1, 0.15) is 11.9 Å². The summed E-state index contributed by atoms with van der Waals surface area (Å²) in [5.41, 5.74) is 4.56. The third-order valence-corrected chi connectivity index (χ3v) is 7.83. The van der Waals surface area contributed by atoms with Gasteiger partial charge < -0.3 is 24.5 Å². The Balaban J connectivity index is 1.64. The van der Waals surface area contributed by atoms with Gasteiger partial charge in [0.25, 0.3) is 0 Å². The Morgan fingerprint density at radius 3 is 2.47 bits per heavy atom. The summed E-state index contributed by atoms with van der Waals surface area (Å²) >= 11 is 0. The number of aliphatic carboxylic acids is 1. The lowest BCUT2D eigenvalue weighted by molar-refractivity contribution is -0.142. The van der Waals surface area contributed by atoms with E-state index < -0.39 is 12.0 Å². The molecule has 0 amide bonds. The number of rotatable bonds is 11. The highest BCUT2D eigenvalue weighted by Crippen LogP contribution is 2.28. The number of carbonyl (C=O) groups is 2. The van der Waals surface area contributed by atoms with E-state index >= 15 is 0 Å². The standard InChI is InChI=1S/C30H41N3O5/c1-4-23(16-20(3)27(34)5-2)29-32-25-17-22(18-31-28(30(35)36)24-10-14-38-15-11-24)6-7-26(25)33(29)19-21-8-12-37-13-9-21/h4,6-7,16-17,21,24,28,31H,5,8-15,18-19H2,1-3H3,(H,35,36)/b20-16-,23-4+. The molecule has 206 valence electrons. The molecule has 1 unspecified atom stereocenters. The first-order chi connectivity index (χ1) is 18.4. The van der Waals surface area contributed by atoms with Crippen LogP contribution in [0.3, 0.4) is 0 Å². The van der Waals surface area contributed by atoms with Crippen LogP contribution in [0.15, 0.2) is 35.9 Å². The lowest BCUT2D eigenvalue weighted by atomic mass is 9.91. The molecule has 38 heavy (non-hydrogen) atoms. The molecule has 2 saturated heterocycles. The van der Waals surface area contributed by atoms with Crippen molar-refractivity contribution in [2.45, 2.75) is 72.0 Å². The van der Waals surface area contributed by atoms with E-state index in [0.717, 1.165) is 79.0 Å². The predicted octanol–water partition coefficient (Wildman–Crippen LogP) is 4.76. The summed E-state index contributed by atoms with van der Waals surface area (Å²) < 4.78 is 13.3. The number of hydrogen-bond donors (Lipinski definition) is 2. The summed E-state index contributed by atoms with van der Waals surface area (Å²) in [6, 6.07) is 5.60. The Labute approximate surface area is 225 Å². The number of allylic oxidation sites excluding steroid dienone is 4. The van der Waals surface area contributed by atoms with Crippen molar-refractivity contribution < 1.29 is 24.2 Å². The molecular weight excluding hydrogens is 482 g/mol. The fourth-order valence-corrected chi connectivity index (χ4v) is 5.48. The zero-order valence-corrected chi connectivity index (χ0v) is 22.9. The molecule has 1 aromatic heterocycles. The van der Waals surface area contributed by atoms with Crippen LogP contribution in [0.1, 0.15) is 64.3 Å². The van der Waals surface area contributed by atoms with Crippen LogP contribution in [0.25, 0.3) is 16.6 Å². The number of hydrogen-bond acceptors (Lipinski definition) is 6. The molecule has 2 N–H and O–H groups in total. The molecule has 0 saturated carbocycles. The van der Waals surface area contributed by atoms with E-state index in [1.165, 1.54) is 0 Å². The molecule has 1 atom stereocenters. The normalized spacial score (nSPS) is 19.1. The highest BCUT2D eigenvalue weighted by Gasteiger charge is 2.29. The largest absolute Gasteiger partial charge is 0.480 e. The van der Waals surface area contributed by atoms with Crippen molar-refractivity contribution >= 4 is 28.4 Å². The van der Waals surface area contributed by atoms with Gasteiger partial charge in [-0.3, -0.25) is 9.59 Å². The first-order valence-electron chi connectivity index (χ1n) is 13.9. The third kappa shape index (κ3) is 6.79. The lowest BCUT2D eigenvalue weighted by Crippen LogP contribution is -2.44. The zero-order valence-electron chi connectivity index (χ0n) is 22.9. The Kier molecular flexibility index (Phi) is 9.88. The second-order valence-corrected chi connectivity index (χ2v) is 10.4. The third-order valence-electron chi connectivity index (χ3n) is 7.83. The van der Waals surface area contributed by atoms with Crippen LogP contribution >= 0.6 is 0 Å². The summed E-state index contributed by atoms with van der Waals surface area (Å²) in [6.45, 7) is 9.79. The summed E-state index contributed by atoms with van der Waals surface area (Å²) in [7, 11) is 0. The van der Waals surface area contributed by atoms with E-state index in [1.807, 2.05) is 32.9 Å². The number of benzene rings is 1. The molecule has 8 nitrogen and oxygen atoms in total. The predicted molar refractivity (Wildman–Crippen MR) is 148 cm³/mol. The fraction of sp³-hybridized carbons (Fsp3) is 0.567. The molecule has 4 rings (SSSR count). The summed E-state index contributed by atoms with van der Waals surface area (Å²) in [5, 5.41) is 13.1. The average molecular weight is 524 g/mol. The minimum atomic E-state index is -0.817. The van der Waals surface area contributed by atoms with Crippen LogP contribution < -0.4 is 5.32 Å². The van der Waals surface area contributed by atoms with Gasteiger partial charge in [-0.2, -0.15) is 0 Å². The van der Waals surface area contributed by atoms with Crippen LogP contribution in [0.2, 0.25) is 0 Å². The van der Waals surface area contributed by atoms with E-state index in [4.69, 9.17) is 14.5 Å². The highest BCUT2D eigenvalue weighted by atomic mass is 16.5. The number of imidazole rings is 1. The molecule has 2 fully saturated rings. The number of carbonyl (C=O) groups excluding carboxylic acids is 1. The first-order valence-corrected chi connectivity index (χ1v) is 13.9. The number of carboxylic acid groups (broad SMARTS) is 1. The van der Waals surface area contributed by atoms with Gasteiger partial charge in [-0.15, -0.1) is 0 Å². The first kappa shape index (κ1) is 28.2. The number of carboxylic acids is 1. The van der Waals surface area contributed by atoms with Gasteiger partial charge in [-0.05, 0) is 80.7 Å². The van der Waals surface area contributed by atoms with Crippen molar-refractivity contribution in [3.63, 3.8) is 0 Å². The molecule has 2 aromatic rings. The van der Waals surface area contributed by atoms with Gasteiger partial charge in [0.05, 0.1) is 11.0 Å². The maximum Gasteiger partial charge on any atom is 0.320 e. The van der Waals surface area contributed by atoms with Crippen molar-refractivity contribution in [2.75, 3.05) is 26.4 Å². The Morgan fingerprint density at radius 1 is 1.16 bits per heavy atom. The maximum atomic E-state index is 12.3. The van der Waals surface area contributed by atoms with Crippen molar-refractivity contribution in [3.8, 4) is 0 Å². The van der Waals surface area contributed by atoms with Crippen LogP contribution in [-0.2, 0) is 32.2 Å². The molecule has 0 aliphatic carbocycles. The van der Waals surface area contributed by atoms with Gasteiger partial charge >= 0.3 is 5.97 Å². The zero-order chi connectivity index (χ0) is 27.1. The Hall–Kier alpha value is -2.81. The molecule has 0 radical (unpaired) electrons. The van der Waals surface area contributed by atoms with Crippen molar-refractivity contribution in [3.05, 3.63) is 47.3 Å². The van der Waals surface area contributed by atoms with Gasteiger partial charge in [0.2, 0.25) is 0 Å². The van der Waals surface area contributed by atoms with E-state index in [-0.39, 0.29) is 11.7 Å². The van der Waals surface area contributed by atoms with E-state index in [9.17, 15) is 14.7 Å². The molecule has 0 bridgehead atoms. The van der Waals surface area contributed by atoms with E-state index in [1.54, 1.807) is 0 Å². The Morgan fingerprint density at radius 2 is 1.84 bits per heavy atom. The molecular formula is C30H41N3O5. The van der Waals surface area contributed by atoms with Crippen molar-refractivity contribution in [1.29, 1.82) is 0 Å². The fourth-order valence-electron chi connectivity index (χ4n) is 5.48. The number of nitrogens with zero attached hydrogens (tertiary/aromatic N) is 2. The molecule has 2 aliphatic heterocycles. The molecule has 8 heteroatoms. The molecule has 1 aromatic carbocycles. The number of Topliss-reactive ketones (excluding diaryl/α,β-unsaturated/α-hetero) is 1. The smallest absolute Gasteiger partial charge is 0.320 e. The highest BCUT2D eigenvalue weighted by molar-refractivity contribution is 5.97. The molecule has 0 spiro atoms. The number of ketones is 1. The van der Waals surface area contributed by atoms with Crippen LogP contribution in [0.5, 0.6) is 0 Å². The second-order valence-electron chi connectivity index (χ2n) is 10.4. The summed E-state index contributed by atoms with van der Waals surface area (Å²) in [6.07, 6.45) is 7.96. The van der Waals surface area contributed by atoms with Crippen molar-refractivity contribution in [1.82, 2.24) is 14.9 Å². The number of fused-ring (bicyclic) bond motifs is 1. The van der Waals surface area contributed by atoms with Crippen LogP contribution in [-0.4, -0.2) is 58.9 Å². The topological polar surface area (TPSA) is 103 Å². The average Bonchev–Trinajstić information content (AvgIpc) is 3.29. The number of aromatic nitrogens is 2. The SMILES string of the molecule is C/C=C(\C=C(\C)C(=O)CC)c1nc2cc(CNC(C(=O)O)C3CCOCC3)ccc2n1CC1CCOCC1. The second kappa shape index (κ2) is 13.3. The van der Waals surface area contributed by atoms with E-state index in [2.05, 4.69) is 28.1 Å². The van der Waals surface area contributed by atoms with Gasteiger partial charge in [-0.1, -0.05) is 19.1 Å². The molecule has 2 aliphatic rings. The minimum Gasteiger partial charge on any atom is -0.480 e. The van der Waals surface area contributed by atoms with Crippen LogP contribution in [0.4, 0.5) is 0 Å². The van der Waals surface area contributed by atoms with E-state index in [0.29, 0.717) is 32.1 Å². The Bertz CT molecular complexity index is 1190. The monoisotopic (exact) mass is 523 g/mol. The summed E-state index contributed by atoms with van der Waals surface area (Å²) in [5.74, 6) is 0.726. The van der Waals surface area contributed by atoms with Crippen LogP contribution in [0, 0.1) is 11.8 Å². The quantitative estimate of drug-likeness (QED) is 0.323. The summed E-state index contributed by atoms with van der Waals surface area (Å²) in [4.78, 5) is 29.3. The lowest BCUT2D eigenvalue weighted by Gasteiger charge is -2.28. The molecule has 3 heterocycles. The number of ether oxygens (including phenoxy) is 2. The van der Waals surface area contributed by atoms with Gasteiger partial charge in [0, 0.05) is 51.5 Å². The van der Waals surface area contributed by atoms with Gasteiger partial charge in [-0.25, -0.2) is 4.98 Å². The minimum absolute atomic E-state index is 0.0633. The maximum absolute atomic E-state index is 12.3. The number of nitrogens with one attached hydrogen (secondary N) is 1.